The number of nitriles is 1. The summed E-state index contributed by atoms with van der Waals surface area (Å²) in [5.74, 6) is 0.499. The Morgan fingerprint density at radius 1 is 1.39 bits per heavy atom. The molecule has 0 radical (unpaired) electrons. The number of anilines is 1. The Balaban J connectivity index is 2.53. The predicted molar refractivity (Wildman–Crippen MR) is 89.3 cm³/mol. The molecule has 1 unspecified atom stereocenters. The summed E-state index contributed by atoms with van der Waals surface area (Å²) in [6, 6.07) is 9.50. The Morgan fingerprint density at radius 2 is 2.13 bits per heavy atom. The van der Waals surface area contributed by atoms with Gasteiger partial charge in [-0.15, -0.1) is 0 Å². The van der Waals surface area contributed by atoms with Crippen LogP contribution < -0.4 is 15.4 Å². The number of rotatable bonds is 9. The average Bonchev–Trinajstić information content (AvgIpc) is 2.53. The third-order valence-corrected chi connectivity index (χ3v) is 3.63. The van der Waals surface area contributed by atoms with Crippen LogP contribution in [0.3, 0.4) is 0 Å². The van der Waals surface area contributed by atoms with E-state index in [-0.39, 0.29) is 18.4 Å². The van der Waals surface area contributed by atoms with Gasteiger partial charge in [0, 0.05) is 18.9 Å². The van der Waals surface area contributed by atoms with E-state index in [0.29, 0.717) is 19.0 Å². The van der Waals surface area contributed by atoms with Crippen molar-refractivity contribution in [1.82, 2.24) is 5.32 Å². The molecule has 0 heterocycles. The fourth-order valence-corrected chi connectivity index (χ4v) is 1.76. The molecule has 1 atom stereocenters. The van der Waals surface area contributed by atoms with Crippen molar-refractivity contribution in [2.45, 2.75) is 26.3 Å². The van der Waals surface area contributed by atoms with E-state index in [4.69, 9.17) is 9.47 Å². The smallest absolute Gasteiger partial charge is 0.240 e. The van der Waals surface area contributed by atoms with E-state index in [1.165, 1.54) is 0 Å². The van der Waals surface area contributed by atoms with Gasteiger partial charge in [0.1, 0.15) is 17.9 Å². The van der Waals surface area contributed by atoms with E-state index in [9.17, 15) is 10.1 Å². The molecule has 0 aromatic heterocycles. The van der Waals surface area contributed by atoms with Crippen LogP contribution in [0.2, 0.25) is 0 Å². The number of hydrogen-bond donors (Lipinski definition) is 2. The molecule has 1 aromatic carbocycles. The van der Waals surface area contributed by atoms with Crippen molar-refractivity contribution in [3.63, 3.8) is 0 Å². The van der Waals surface area contributed by atoms with E-state index >= 15 is 0 Å². The van der Waals surface area contributed by atoms with Gasteiger partial charge in [-0.25, -0.2) is 0 Å². The number of carbonyl (C=O) groups is 1. The van der Waals surface area contributed by atoms with Crippen LogP contribution >= 0.6 is 0 Å². The van der Waals surface area contributed by atoms with Gasteiger partial charge in [-0.05, 0) is 25.0 Å². The molecule has 0 saturated carbocycles. The molecule has 0 bridgehead atoms. The molecule has 6 heteroatoms. The Kier molecular flexibility index (Phi) is 7.36. The normalized spacial score (nSPS) is 13.0. The first-order valence-electron chi connectivity index (χ1n) is 7.59. The van der Waals surface area contributed by atoms with Crippen molar-refractivity contribution in [3.05, 3.63) is 24.3 Å². The fourth-order valence-electron chi connectivity index (χ4n) is 1.76. The predicted octanol–water partition coefficient (Wildman–Crippen LogP) is 2.18. The van der Waals surface area contributed by atoms with Crippen LogP contribution in [0.5, 0.6) is 5.75 Å². The number of benzene rings is 1. The molecule has 0 fully saturated rings. The van der Waals surface area contributed by atoms with Crippen molar-refractivity contribution >= 4 is 11.6 Å². The van der Waals surface area contributed by atoms with Crippen LogP contribution in [0, 0.1) is 17.2 Å². The van der Waals surface area contributed by atoms with E-state index in [1.807, 2.05) is 38.1 Å². The first kappa shape index (κ1) is 18.8. The van der Waals surface area contributed by atoms with Crippen molar-refractivity contribution in [1.29, 1.82) is 5.26 Å². The maximum absolute atomic E-state index is 12.0. The zero-order valence-electron chi connectivity index (χ0n) is 14.2. The number of hydrogen-bond acceptors (Lipinski definition) is 5. The number of methoxy groups -OCH3 is 1. The lowest BCUT2D eigenvalue weighted by atomic mass is 9.90. The zero-order valence-corrected chi connectivity index (χ0v) is 14.2. The van der Waals surface area contributed by atoms with Crippen molar-refractivity contribution in [2.24, 2.45) is 5.92 Å². The summed E-state index contributed by atoms with van der Waals surface area (Å²) in [4.78, 5) is 12.0. The molecule has 0 aliphatic rings. The maximum Gasteiger partial charge on any atom is 0.240 e. The number of carbonyl (C=O) groups excluding carboxylic acids is 1. The second-order valence-electron chi connectivity index (χ2n) is 5.74. The highest BCUT2D eigenvalue weighted by atomic mass is 16.5. The van der Waals surface area contributed by atoms with Crippen molar-refractivity contribution in [2.75, 3.05) is 32.2 Å². The minimum absolute atomic E-state index is 0.0222. The fraction of sp³-hybridized carbons (Fsp3) is 0.529. The molecular weight excluding hydrogens is 294 g/mol. The van der Waals surface area contributed by atoms with E-state index in [2.05, 4.69) is 16.7 Å². The van der Waals surface area contributed by atoms with Crippen molar-refractivity contribution in [3.8, 4) is 11.8 Å². The maximum atomic E-state index is 12.0. The second kappa shape index (κ2) is 9.01. The Morgan fingerprint density at radius 3 is 2.74 bits per heavy atom. The Bertz CT molecular complexity index is 554. The van der Waals surface area contributed by atoms with Gasteiger partial charge < -0.3 is 20.1 Å². The topological polar surface area (TPSA) is 83.4 Å². The highest BCUT2D eigenvalue weighted by molar-refractivity contribution is 5.81. The van der Waals surface area contributed by atoms with Gasteiger partial charge in [-0.3, -0.25) is 4.79 Å². The van der Waals surface area contributed by atoms with Crippen LogP contribution in [0.15, 0.2) is 24.3 Å². The molecule has 126 valence electrons. The summed E-state index contributed by atoms with van der Waals surface area (Å²) in [5, 5.41) is 15.0. The first-order valence-corrected chi connectivity index (χ1v) is 7.59. The van der Waals surface area contributed by atoms with Gasteiger partial charge in [0.05, 0.1) is 19.2 Å². The molecule has 0 spiro atoms. The highest BCUT2D eigenvalue weighted by Crippen LogP contribution is 2.18. The summed E-state index contributed by atoms with van der Waals surface area (Å²) in [6.07, 6.45) is 0. The summed E-state index contributed by atoms with van der Waals surface area (Å²) in [5.41, 5.74) is -0.0950. The lowest BCUT2D eigenvalue weighted by molar-refractivity contribution is -0.121. The third kappa shape index (κ3) is 6.17. The quantitative estimate of drug-likeness (QED) is 0.682. The van der Waals surface area contributed by atoms with Crippen LogP contribution in [0.4, 0.5) is 5.69 Å². The molecule has 0 aliphatic heterocycles. The lowest BCUT2D eigenvalue weighted by Crippen LogP contribution is -2.50. The monoisotopic (exact) mass is 319 g/mol. The first-order chi connectivity index (χ1) is 10.9. The number of nitrogens with one attached hydrogen (secondary N) is 2. The Hall–Kier alpha value is -2.26. The molecule has 6 nitrogen and oxygen atoms in total. The lowest BCUT2D eigenvalue weighted by Gasteiger charge is -2.27. The van der Waals surface area contributed by atoms with Crippen LogP contribution in [-0.4, -0.2) is 38.3 Å². The van der Waals surface area contributed by atoms with E-state index in [0.717, 1.165) is 5.69 Å². The standard InChI is InChI=1S/C17H25N3O3/c1-13(2)17(3,12-18)20-16(21)11-19-14-6-5-7-15(10-14)23-9-8-22-4/h5-7,10,13,19H,8-9,11H2,1-4H3,(H,20,21). The summed E-state index contributed by atoms with van der Waals surface area (Å²) in [6.45, 7) is 6.60. The van der Waals surface area contributed by atoms with E-state index in [1.54, 1.807) is 14.0 Å². The van der Waals surface area contributed by atoms with Gasteiger partial charge in [0.25, 0.3) is 0 Å². The number of nitrogens with zero attached hydrogens (tertiary/aromatic N) is 1. The van der Waals surface area contributed by atoms with Gasteiger partial charge in [-0.2, -0.15) is 5.26 Å². The summed E-state index contributed by atoms with van der Waals surface area (Å²) >= 11 is 0. The highest BCUT2D eigenvalue weighted by Gasteiger charge is 2.29. The molecule has 1 aromatic rings. The minimum Gasteiger partial charge on any atom is -0.491 e. The van der Waals surface area contributed by atoms with Crippen LogP contribution in [0.1, 0.15) is 20.8 Å². The van der Waals surface area contributed by atoms with E-state index < -0.39 is 5.54 Å². The Labute approximate surface area is 137 Å². The van der Waals surface area contributed by atoms with Crippen molar-refractivity contribution < 1.29 is 14.3 Å². The minimum atomic E-state index is -0.871. The molecule has 23 heavy (non-hydrogen) atoms. The van der Waals surface area contributed by atoms with Gasteiger partial charge >= 0.3 is 0 Å². The second-order valence-corrected chi connectivity index (χ2v) is 5.74. The largest absolute Gasteiger partial charge is 0.491 e. The average molecular weight is 319 g/mol. The zero-order chi connectivity index (χ0) is 17.3. The summed E-state index contributed by atoms with van der Waals surface area (Å²) < 4.78 is 10.4. The van der Waals surface area contributed by atoms with Gasteiger partial charge in [0.15, 0.2) is 0 Å². The summed E-state index contributed by atoms with van der Waals surface area (Å²) in [7, 11) is 1.62. The number of ether oxygens (including phenoxy) is 2. The molecule has 0 aliphatic carbocycles. The van der Waals surface area contributed by atoms with Gasteiger partial charge in [-0.1, -0.05) is 19.9 Å². The molecule has 2 N–H and O–H groups in total. The molecule has 1 amide bonds. The van der Waals surface area contributed by atoms with Gasteiger partial charge in [0.2, 0.25) is 5.91 Å². The third-order valence-electron chi connectivity index (χ3n) is 3.63. The molecular formula is C17H25N3O3. The number of amides is 1. The SMILES string of the molecule is COCCOc1cccc(NCC(=O)NC(C)(C#N)C(C)C)c1. The van der Waals surface area contributed by atoms with Crippen LogP contribution in [-0.2, 0) is 9.53 Å². The molecule has 0 saturated heterocycles. The van der Waals surface area contributed by atoms with Crippen LogP contribution in [0.25, 0.3) is 0 Å². The molecule has 1 rings (SSSR count).